The zero-order valence-electron chi connectivity index (χ0n) is 12.2. The lowest BCUT2D eigenvalue weighted by molar-refractivity contribution is 0.0750. The summed E-state index contributed by atoms with van der Waals surface area (Å²) in [6.07, 6.45) is 1.75. The van der Waals surface area contributed by atoms with Gasteiger partial charge in [0, 0.05) is 25.5 Å². The van der Waals surface area contributed by atoms with Crippen molar-refractivity contribution in [1.82, 2.24) is 14.7 Å². The van der Waals surface area contributed by atoms with Gasteiger partial charge in [-0.1, -0.05) is 25.1 Å². The van der Waals surface area contributed by atoms with E-state index in [0.717, 1.165) is 30.3 Å². The van der Waals surface area contributed by atoms with E-state index in [0.29, 0.717) is 18.8 Å². The molecular formula is C15H22N4O. The number of nitrogens with two attached hydrogens (primary N) is 1. The summed E-state index contributed by atoms with van der Waals surface area (Å²) < 4.78 is 1.76. The topological polar surface area (TPSA) is 64.2 Å². The summed E-state index contributed by atoms with van der Waals surface area (Å²) >= 11 is 0. The molecule has 0 aliphatic heterocycles. The van der Waals surface area contributed by atoms with Crippen LogP contribution in [0.2, 0.25) is 0 Å². The van der Waals surface area contributed by atoms with Gasteiger partial charge in [0.2, 0.25) is 0 Å². The van der Waals surface area contributed by atoms with E-state index in [1.807, 2.05) is 36.2 Å². The van der Waals surface area contributed by atoms with E-state index in [-0.39, 0.29) is 5.91 Å². The van der Waals surface area contributed by atoms with Gasteiger partial charge in [0.1, 0.15) is 0 Å². The average molecular weight is 274 g/mol. The first-order valence-corrected chi connectivity index (χ1v) is 7.10. The van der Waals surface area contributed by atoms with Gasteiger partial charge in [0.05, 0.1) is 5.52 Å². The number of hydrogen-bond acceptors (Lipinski definition) is 3. The molecule has 0 aliphatic carbocycles. The Kier molecular flexibility index (Phi) is 4.74. The summed E-state index contributed by atoms with van der Waals surface area (Å²) in [4.78, 5) is 14.5. The molecule has 0 radical (unpaired) electrons. The van der Waals surface area contributed by atoms with Crippen molar-refractivity contribution in [3.05, 3.63) is 30.0 Å². The minimum absolute atomic E-state index is 0.00269. The highest BCUT2D eigenvalue weighted by molar-refractivity contribution is 6.04. The number of nitrogens with zero attached hydrogens (tertiary/aromatic N) is 3. The number of carbonyl (C=O) groups excluding carboxylic acids is 1. The van der Waals surface area contributed by atoms with Crippen molar-refractivity contribution >= 4 is 16.8 Å². The average Bonchev–Trinajstić information content (AvgIpc) is 2.80. The van der Waals surface area contributed by atoms with Crippen molar-refractivity contribution < 1.29 is 4.79 Å². The first-order valence-electron chi connectivity index (χ1n) is 7.10. The van der Waals surface area contributed by atoms with Crippen molar-refractivity contribution in [2.75, 3.05) is 19.6 Å². The van der Waals surface area contributed by atoms with Crippen LogP contribution in [0.1, 0.15) is 30.3 Å². The molecule has 0 aliphatic rings. The molecule has 0 saturated heterocycles. The lowest BCUT2D eigenvalue weighted by Crippen LogP contribution is -2.34. The molecule has 1 amide bonds. The number of rotatable bonds is 6. The molecule has 5 nitrogen and oxygen atoms in total. The van der Waals surface area contributed by atoms with Gasteiger partial charge in [-0.2, -0.15) is 5.10 Å². The van der Waals surface area contributed by atoms with Crippen molar-refractivity contribution in [2.45, 2.75) is 19.8 Å². The maximum absolute atomic E-state index is 12.7. The van der Waals surface area contributed by atoms with Crippen LogP contribution in [0.15, 0.2) is 24.3 Å². The van der Waals surface area contributed by atoms with E-state index < -0.39 is 0 Å². The Morgan fingerprint density at radius 2 is 2.10 bits per heavy atom. The molecule has 108 valence electrons. The third-order valence-electron chi connectivity index (χ3n) is 3.37. The fourth-order valence-corrected chi connectivity index (χ4v) is 2.39. The standard InChI is InChI=1S/C15H22N4O/c1-3-10-19(11-6-9-16)15(20)14-12-7-4-5-8-13(12)18(2)17-14/h4-5,7-8H,3,6,9-11,16H2,1-2H3. The zero-order valence-corrected chi connectivity index (χ0v) is 12.2. The van der Waals surface area contributed by atoms with Gasteiger partial charge >= 0.3 is 0 Å². The first kappa shape index (κ1) is 14.5. The van der Waals surface area contributed by atoms with Crippen LogP contribution < -0.4 is 5.73 Å². The van der Waals surface area contributed by atoms with Crippen molar-refractivity contribution in [2.24, 2.45) is 12.8 Å². The molecule has 0 unspecified atom stereocenters. The van der Waals surface area contributed by atoms with Gasteiger partial charge in [-0.25, -0.2) is 0 Å². The highest BCUT2D eigenvalue weighted by Gasteiger charge is 2.20. The SMILES string of the molecule is CCCN(CCCN)C(=O)c1nn(C)c2ccccc12. The molecule has 5 heteroatoms. The predicted molar refractivity (Wildman–Crippen MR) is 80.6 cm³/mol. The van der Waals surface area contributed by atoms with Gasteiger partial charge < -0.3 is 10.6 Å². The molecule has 1 aromatic heterocycles. The smallest absolute Gasteiger partial charge is 0.275 e. The second-order valence-electron chi connectivity index (χ2n) is 4.92. The Balaban J connectivity index is 2.33. The maximum Gasteiger partial charge on any atom is 0.275 e. The summed E-state index contributed by atoms with van der Waals surface area (Å²) in [5.74, 6) is -0.00269. The van der Waals surface area contributed by atoms with Gasteiger partial charge in [-0.05, 0) is 25.5 Å². The number of para-hydroxylation sites is 1. The van der Waals surface area contributed by atoms with Crippen LogP contribution in [0.5, 0.6) is 0 Å². The van der Waals surface area contributed by atoms with Crippen LogP contribution in [-0.2, 0) is 7.05 Å². The number of aryl methyl sites for hydroxylation is 1. The number of benzene rings is 1. The molecular weight excluding hydrogens is 252 g/mol. The Labute approximate surface area is 119 Å². The van der Waals surface area contributed by atoms with Crippen LogP contribution in [0.3, 0.4) is 0 Å². The van der Waals surface area contributed by atoms with E-state index in [4.69, 9.17) is 5.73 Å². The Bertz CT molecular complexity index is 591. The van der Waals surface area contributed by atoms with Crippen molar-refractivity contribution in [3.63, 3.8) is 0 Å². The summed E-state index contributed by atoms with van der Waals surface area (Å²) in [7, 11) is 1.86. The first-order chi connectivity index (χ1) is 9.69. The summed E-state index contributed by atoms with van der Waals surface area (Å²) in [6.45, 7) is 4.09. The number of fused-ring (bicyclic) bond motifs is 1. The lowest BCUT2D eigenvalue weighted by Gasteiger charge is -2.20. The normalized spacial score (nSPS) is 10.9. The molecule has 1 heterocycles. The molecule has 2 rings (SSSR count). The van der Waals surface area contributed by atoms with Gasteiger partial charge in [-0.15, -0.1) is 0 Å². The van der Waals surface area contributed by atoms with Gasteiger partial charge in [-0.3, -0.25) is 9.48 Å². The Hall–Kier alpha value is -1.88. The lowest BCUT2D eigenvalue weighted by atomic mass is 10.2. The molecule has 2 N–H and O–H groups in total. The third kappa shape index (κ3) is 2.82. The molecule has 0 fully saturated rings. The van der Waals surface area contributed by atoms with Crippen LogP contribution in [0.25, 0.3) is 10.9 Å². The van der Waals surface area contributed by atoms with E-state index in [1.165, 1.54) is 0 Å². The van der Waals surface area contributed by atoms with Crippen LogP contribution in [0, 0.1) is 0 Å². The second kappa shape index (κ2) is 6.52. The Morgan fingerprint density at radius 1 is 1.35 bits per heavy atom. The molecule has 0 spiro atoms. The summed E-state index contributed by atoms with van der Waals surface area (Å²) in [6, 6.07) is 7.81. The molecule has 0 atom stereocenters. The van der Waals surface area contributed by atoms with Crippen LogP contribution >= 0.6 is 0 Å². The fraction of sp³-hybridized carbons (Fsp3) is 0.467. The van der Waals surface area contributed by atoms with Gasteiger partial charge in [0.25, 0.3) is 5.91 Å². The van der Waals surface area contributed by atoms with E-state index in [1.54, 1.807) is 4.68 Å². The quantitative estimate of drug-likeness (QED) is 0.873. The number of hydrogen-bond donors (Lipinski definition) is 1. The van der Waals surface area contributed by atoms with Crippen molar-refractivity contribution in [1.29, 1.82) is 0 Å². The van der Waals surface area contributed by atoms with E-state index in [2.05, 4.69) is 12.0 Å². The molecule has 2 aromatic rings. The van der Waals surface area contributed by atoms with Crippen molar-refractivity contribution in [3.8, 4) is 0 Å². The minimum atomic E-state index is -0.00269. The number of amides is 1. The van der Waals surface area contributed by atoms with Crippen LogP contribution in [0.4, 0.5) is 0 Å². The maximum atomic E-state index is 12.7. The largest absolute Gasteiger partial charge is 0.337 e. The van der Waals surface area contributed by atoms with Gasteiger partial charge in [0.15, 0.2) is 5.69 Å². The van der Waals surface area contributed by atoms with E-state index >= 15 is 0 Å². The van der Waals surface area contributed by atoms with Crippen LogP contribution in [-0.4, -0.2) is 40.2 Å². The summed E-state index contributed by atoms with van der Waals surface area (Å²) in [5.41, 5.74) is 7.06. The number of aromatic nitrogens is 2. The monoisotopic (exact) mass is 274 g/mol. The summed E-state index contributed by atoms with van der Waals surface area (Å²) in [5, 5.41) is 5.31. The van der Waals surface area contributed by atoms with E-state index in [9.17, 15) is 4.79 Å². The third-order valence-corrected chi connectivity index (χ3v) is 3.37. The second-order valence-corrected chi connectivity index (χ2v) is 4.92. The molecule has 1 aromatic carbocycles. The highest BCUT2D eigenvalue weighted by Crippen LogP contribution is 2.19. The molecule has 0 saturated carbocycles. The zero-order chi connectivity index (χ0) is 14.5. The highest BCUT2D eigenvalue weighted by atomic mass is 16.2. The Morgan fingerprint density at radius 3 is 2.80 bits per heavy atom. The fourth-order valence-electron chi connectivity index (χ4n) is 2.39. The number of carbonyl (C=O) groups is 1. The predicted octanol–water partition coefficient (Wildman–Crippen LogP) is 1.77. The minimum Gasteiger partial charge on any atom is -0.337 e. The molecule has 0 bridgehead atoms. The molecule has 20 heavy (non-hydrogen) atoms.